The minimum Gasteiger partial charge on any atom is -0.495 e. The second-order valence-electron chi connectivity index (χ2n) is 3.78. The summed E-state index contributed by atoms with van der Waals surface area (Å²) in [6.45, 7) is 0. The number of carbonyl (C=O) groups excluding carboxylic acids is 1. The van der Waals surface area contributed by atoms with Gasteiger partial charge in [-0.25, -0.2) is 0 Å². The molecule has 2 rings (SSSR count). The number of anilines is 1. The number of benzene rings is 2. The molecule has 0 aromatic heterocycles. The summed E-state index contributed by atoms with van der Waals surface area (Å²) >= 11 is 9.25. The lowest BCUT2D eigenvalue weighted by molar-refractivity contribution is 0.102. The van der Waals surface area contributed by atoms with E-state index in [2.05, 4.69) is 21.2 Å². The van der Waals surface area contributed by atoms with Crippen molar-refractivity contribution in [1.29, 1.82) is 0 Å². The van der Waals surface area contributed by atoms with Gasteiger partial charge in [-0.3, -0.25) is 4.79 Å². The van der Waals surface area contributed by atoms with Crippen molar-refractivity contribution < 1.29 is 9.53 Å². The maximum Gasteiger partial charge on any atom is 0.255 e. The Bertz CT molecular complexity index is 616. The van der Waals surface area contributed by atoms with E-state index in [1.807, 2.05) is 12.1 Å². The van der Waals surface area contributed by atoms with E-state index in [1.54, 1.807) is 37.4 Å². The third-order valence-electron chi connectivity index (χ3n) is 2.54. The molecule has 5 heteroatoms. The maximum atomic E-state index is 12.1. The van der Waals surface area contributed by atoms with Gasteiger partial charge in [0.15, 0.2) is 0 Å². The Hall–Kier alpha value is -1.52. The summed E-state index contributed by atoms with van der Waals surface area (Å²) in [6, 6.07) is 12.3. The number of halogens is 2. The lowest BCUT2D eigenvalue weighted by Gasteiger charge is -2.10. The third-order valence-corrected chi connectivity index (χ3v) is 3.77. The van der Waals surface area contributed by atoms with Crippen LogP contribution in [0.5, 0.6) is 5.75 Å². The standard InChI is InChI=1S/C14H11BrClNO2/c1-19-13-5-3-2-4-12(13)17-14(18)9-6-7-10(15)11(16)8-9/h2-8H,1H3,(H,17,18). The Morgan fingerprint density at radius 1 is 1.26 bits per heavy atom. The number of ether oxygens (including phenoxy) is 1. The molecule has 0 saturated carbocycles. The van der Waals surface area contributed by atoms with Crippen LogP contribution in [0.25, 0.3) is 0 Å². The van der Waals surface area contributed by atoms with Crippen LogP contribution >= 0.6 is 27.5 Å². The topological polar surface area (TPSA) is 38.3 Å². The predicted octanol–water partition coefficient (Wildman–Crippen LogP) is 4.36. The van der Waals surface area contributed by atoms with Gasteiger partial charge in [0.1, 0.15) is 5.75 Å². The monoisotopic (exact) mass is 339 g/mol. The molecule has 0 bridgehead atoms. The summed E-state index contributed by atoms with van der Waals surface area (Å²) in [5.74, 6) is 0.373. The van der Waals surface area contributed by atoms with E-state index < -0.39 is 0 Å². The molecule has 0 unspecified atom stereocenters. The van der Waals surface area contributed by atoms with Crippen LogP contribution < -0.4 is 10.1 Å². The first-order valence-corrected chi connectivity index (χ1v) is 6.68. The largest absolute Gasteiger partial charge is 0.495 e. The van der Waals surface area contributed by atoms with Gasteiger partial charge in [0, 0.05) is 10.0 Å². The van der Waals surface area contributed by atoms with Crippen molar-refractivity contribution in [3.63, 3.8) is 0 Å². The molecule has 98 valence electrons. The van der Waals surface area contributed by atoms with Crippen LogP contribution in [0.2, 0.25) is 5.02 Å². The molecule has 2 aromatic rings. The van der Waals surface area contributed by atoms with Crippen LogP contribution in [0.4, 0.5) is 5.69 Å². The zero-order chi connectivity index (χ0) is 13.8. The molecule has 1 N–H and O–H groups in total. The zero-order valence-corrected chi connectivity index (χ0v) is 12.5. The van der Waals surface area contributed by atoms with Gasteiger partial charge in [-0.05, 0) is 46.3 Å². The van der Waals surface area contributed by atoms with E-state index in [4.69, 9.17) is 16.3 Å². The van der Waals surface area contributed by atoms with E-state index in [0.29, 0.717) is 22.0 Å². The summed E-state index contributed by atoms with van der Waals surface area (Å²) < 4.78 is 5.93. The second-order valence-corrected chi connectivity index (χ2v) is 5.04. The number of hydrogen-bond donors (Lipinski definition) is 1. The number of nitrogens with one attached hydrogen (secondary N) is 1. The molecule has 0 saturated heterocycles. The number of methoxy groups -OCH3 is 1. The van der Waals surface area contributed by atoms with Gasteiger partial charge in [-0.2, -0.15) is 0 Å². The van der Waals surface area contributed by atoms with Crippen molar-refractivity contribution in [2.24, 2.45) is 0 Å². The molecule has 19 heavy (non-hydrogen) atoms. The molecular weight excluding hydrogens is 330 g/mol. The quantitative estimate of drug-likeness (QED) is 0.901. The van der Waals surface area contributed by atoms with E-state index in [-0.39, 0.29) is 5.91 Å². The molecule has 0 spiro atoms. The molecule has 1 amide bonds. The van der Waals surface area contributed by atoms with E-state index >= 15 is 0 Å². The lowest BCUT2D eigenvalue weighted by Crippen LogP contribution is -2.12. The van der Waals surface area contributed by atoms with E-state index in [0.717, 1.165) is 4.47 Å². The van der Waals surface area contributed by atoms with Crippen LogP contribution in [-0.4, -0.2) is 13.0 Å². The number of carbonyl (C=O) groups is 1. The highest BCUT2D eigenvalue weighted by molar-refractivity contribution is 9.10. The van der Waals surface area contributed by atoms with E-state index in [1.165, 1.54) is 0 Å². The van der Waals surface area contributed by atoms with Crippen LogP contribution in [0.15, 0.2) is 46.9 Å². The molecule has 0 radical (unpaired) electrons. The molecule has 0 aliphatic carbocycles. The molecule has 0 aliphatic rings. The van der Waals surface area contributed by atoms with Crippen molar-refractivity contribution in [2.75, 3.05) is 12.4 Å². The fraction of sp³-hybridized carbons (Fsp3) is 0.0714. The smallest absolute Gasteiger partial charge is 0.255 e. The first-order valence-electron chi connectivity index (χ1n) is 5.51. The van der Waals surface area contributed by atoms with Crippen LogP contribution in [-0.2, 0) is 0 Å². The normalized spacial score (nSPS) is 10.1. The maximum absolute atomic E-state index is 12.1. The molecule has 0 atom stereocenters. The van der Waals surface area contributed by atoms with E-state index in [9.17, 15) is 4.79 Å². The highest BCUT2D eigenvalue weighted by atomic mass is 79.9. The Morgan fingerprint density at radius 2 is 2.00 bits per heavy atom. The highest BCUT2D eigenvalue weighted by Gasteiger charge is 2.10. The van der Waals surface area contributed by atoms with Gasteiger partial charge in [0.2, 0.25) is 0 Å². The van der Waals surface area contributed by atoms with Crippen molar-refractivity contribution in [3.8, 4) is 5.75 Å². The number of para-hydroxylation sites is 2. The molecule has 0 fully saturated rings. The zero-order valence-electron chi connectivity index (χ0n) is 10.1. The Balaban J connectivity index is 2.23. The lowest BCUT2D eigenvalue weighted by atomic mass is 10.2. The minimum atomic E-state index is -0.237. The van der Waals surface area contributed by atoms with Gasteiger partial charge in [0.05, 0.1) is 17.8 Å². The minimum absolute atomic E-state index is 0.237. The molecular formula is C14H11BrClNO2. The number of amides is 1. The van der Waals surface area contributed by atoms with Gasteiger partial charge in [-0.15, -0.1) is 0 Å². The van der Waals surface area contributed by atoms with Gasteiger partial charge >= 0.3 is 0 Å². The molecule has 3 nitrogen and oxygen atoms in total. The molecule has 0 aliphatic heterocycles. The van der Waals surface area contributed by atoms with Crippen molar-refractivity contribution in [2.45, 2.75) is 0 Å². The van der Waals surface area contributed by atoms with Crippen LogP contribution in [0, 0.1) is 0 Å². The van der Waals surface area contributed by atoms with Crippen molar-refractivity contribution in [3.05, 3.63) is 57.5 Å². The van der Waals surface area contributed by atoms with Gasteiger partial charge < -0.3 is 10.1 Å². The van der Waals surface area contributed by atoms with Crippen molar-refractivity contribution in [1.82, 2.24) is 0 Å². The predicted molar refractivity (Wildman–Crippen MR) is 80.1 cm³/mol. The summed E-state index contributed by atoms with van der Waals surface area (Å²) in [6.07, 6.45) is 0. The number of hydrogen-bond acceptors (Lipinski definition) is 2. The fourth-order valence-electron chi connectivity index (χ4n) is 1.58. The van der Waals surface area contributed by atoms with Crippen LogP contribution in [0.1, 0.15) is 10.4 Å². The second kappa shape index (κ2) is 6.08. The average molecular weight is 341 g/mol. The fourth-order valence-corrected chi connectivity index (χ4v) is 2.01. The molecule has 2 aromatic carbocycles. The Kier molecular flexibility index (Phi) is 4.45. The highest BCUT2D eigenvalue weighted by Crippen LogP contribution is 2.26. The molecule has 0 heterocycles. The third kappa shape index (κ3) is 3.28. The Labute approximate surface area is 124 Å². The first-order chi connectivity index (χ1) is 9.11. The SMILES string of the molecule is COc1ccccc1NC(=O)c1ccc(Br)c(Cl)c1. The first kappa shape index (κ1) is 13.9. The number of rotatable bonds is 3. The summed E-state index contributed by atoms with van der Waals surface area (Å²) in [7, 11) is 1.56. The van der Waals surface area contributed by atoms with Crippen molar-refractivity contribution >= 4 is 39.1 Å². The van der Waals surface area contributed by atoms with Gasteiger partial charge in [0.25, 0.3) is 5.91 Å². The Morgan fingerprint density at radius 3 is 2.68 bits per heavy atom. The summed E-state index contributed by atoms with van der Waals surface area (Å²) in [5, 5.41) is 3.28. The summed E-state index contributed by atoms with van der Waals surface area (Å²) in [5.41, 5.74) is 1.10. The van der Waals surface area contributed by atoms with Crippen LogP contribution in [0.3, 0.4) is 0 Å². The summed E-state index contributed by atoms with van der Waals surface area (Å²) in [4.78, 5) is 12.1. The average Bonchev–Trinajstić information content (AvgIpc) is 2.42. The van der Waals surface area contributed by atoms with Gasteiger partial charge in [-0.1, -0.05) is 23.7 Å².